The molecule has 7 heteroatoms. The van der Waals surface area contributed by atoms with Crippen molar-refractivity contribution in [3.63, 3.8) is 0 Å². The highest BCUT2D eigenvalue weighted by Gasteiger charge is 2.07. The van der Waals surface area contributed by atoms with E-state index < -0.39 is 0 Å². The van der Waals surface area contributed by atoms with E-state index in [1.54, 1.807) is 11.3 Å². The maximum absolute atomic E-state index is 11.7. The second-order valence-electron chi connectivity index (χ2n) is 4.40. The van der Waals surface area contributed by atoms with E-state index in [1.807, 2.05) is 35.7 Å². The molecule has 1 N–H and O–H groups in total. The number of hydrogen-bond acceptors (Lipinski definition) is 5. The second kappa shape index (κ2) is 6.36. The quantitative estimate of drug-likeness (QED) is 0.745. The molecule has 2 heterocycles. The predicted octanol–water partition coefficient (Wildman–Crippen LogP) is 1.28. The zero-order valence-corrected chi connectivity index (χ0v) is 12.0. The third-order valence-electron chi connectivity index (χ3n) is 2.91. The third kappa shape index (κ3) is 3.38. The zero-order chi connectivity index (χ0) is 14.5. The van der Waals surface area contributed by atoms with Crippen LogP contribution >= 0.6 is 11.3 Å². The number of benzene rings is 1. The van der Waals surface area contributed by atoms with Gasteiger partial charge in [0, 0.05) is 11.4 Å². The van der Waals surface area contributed by atoms with Gasteiger partial charge in [-0.25, -0.2) is 0 Å². The minimum absolute atomic E-state index is 0.0855. The summed E-state index contributed by atoms with van der Waals surface area (Å²) in [4.78, 5) is 19.6. The molecule has 0 aliphatic rings. The Morgan fingerprint density at radius 2 is 2.19 bits per heavy atom. The number of fused-ring (bicyclic) bond motifs is 1. The zero-order valence-electron chi connectivity index (χ0n) is 11.2. The number of nitrogens with one attached hydrogen (secondary N) is 1. The number of carbonyl (C=O) groups excluding carboxylic acids is 1. The fourth-order valence-electron chi connectivity index (χ4n) is 1.89. The molecule has 0 saturated carbocycles. The fourth-order valence-corrected chi connectivity index (χ4v) is 2.60. The Morgan fingerprint density at radius 1 is 1.29 bits per heavy atom. The van der Waals surface area contributed by atoms with E-state index in [0.717, 1.165) is 17.5 Å². The van der Waals surface area contributed by atoms with E-state index in [1.165, 1.54) is 9.72 Å². The van der Waals surface area contributed by atoms with Crippen LogP contribution in [0.15, 0.2) is 41.8 Å². The summed E-state index contributed by atoms with van der Waals surface area (Å²) in [6.45, 7) is 0.513. The van der Waals surface area contributed by atoms with E-state index in [0.29, 0.717) is 6.54 Å². The van der Waals surface area contributed by atoms with Gasteiger partial charge in [0.25, 0.3) is 5.91 Å². The van der Waals surface area contributed by atoms with Crippen LogP contribution < -0.4 is 10.2 Å². The summed E-state index contributed by atoms with van der Waals surface area (Å²) in [5.74, 6) is -0.175. The van der Waals surface area contributed by atoms with Crippen LogP contribution in [0.25, 0.3) is 11.0 Å². The highest BCUT2D eigenvalue weighted by atomic mass is 32.1. The smallest absolute Gasteiger partial charge is 0.260 e. The van der Waals surface area contributed by atoms with Gasteiger partial charge in [0.1, 0.15) is 11.0 Å². The molecule has 0 unspecified atom stereocenters. The molecule has 0 spiro atoms. The van der Waals surface area contributed by atoms with Crippen molar-refractivity contribution in [2.45, 2.75) is 6.42 Å². The Kier molecular flexibility index (Phi) is 4.11. The van der Waals surface area contributed by atoms with Crippen molar-refractivity contribution < 1.29 is 9.63 Å². The number of hydrogen-bond donors (Lipinski definition) is 1. The van der Waals surface area contributed by atoms with Crippen molar-refractivity contribution in [1.29, 1.82) is 0 Å². The van der Waals surface area contributed by atoms with Crippen LogP contribution in [-0.2, 0) is 11.2 Å². The topological polar surface area (TPSA) is 69.0 Å². The average Bonchev–Trinajstić information content (AvgIpc) is 3.14. The number of aromatic nitrogens is 3. The lowest BCUT2D eigenvalue weighted by molar-refractivity contribution is -0.126. The van der Waals surface area contributed by atoms with Crippen molar-refractivity contribution in [3.05, 3.63) is 46.7 Å². The summed E-state index contributed by atoms with van der Waals surface area (Å²) in [6.07, 6.45) is 0.829. The average molecular weight is 302 g/mol. The number of nitrogens with zero attached hydrogens (tertiary/aromatic N) is 3. The maximum Gasteiger partial charge on any atom is 0.260 e. The highest BCUT2D eigenvalue weighted by Crippen LogP contribution is 2.08. The molecule has 0 aliphatic heterocycles. The van der Waals surface area contributed by atoms with Crippen molar-refractivity contribution in [1.82, 2.24) is 20.5 Å². The minimum atomic E-state index is -0.175. The van der Waals surface area contributed by atoms with Crippen molar-refractivity contribution in [2.24, 2.45) is 0 Å². The van der Waals surface area contributed by atoms with Crippen LogP contribution in [-0.4, -0.2) is 34.2 Å². The van der Waals surface area contributed by atoms with Crippen LogP contribution in [0.3, 0.4) is 0 Å². The standard InChI is InChI=1S/C14H14N4O2S/c19-14(15-8-7-11-4-3-9-21-11)10-20-18-13-6-2-1-5-12(13)16-17-18/h1-6,9H,7-8,10H2,(H,15,19). The van der Waals surface area contributed by atoms with Crippen LogP contribution in [0.1, 0.15) is 4.88 Å². The van der Waals surface area contributed by atoms with Gasteiger partial charge in [0.2, 0.25) is 0 Å². The number of carbonyl (C=O) groups is 1. The fraction of sp³-hybridized carbons (Fsp3) is 0.214. The molecule has 1 aromatic carbocycles. The molecule has 21 heavy (non-hydrogen) atoms. The number of para-hydroxylation sites is 1. The first-order valence-electron chi connectivity index (χ1n) is 6.56. The predicted molar refractivity (Wildman–Crippen MR) is 80.0 cm³/mol. The summed E-state index contributed by atoms with van der Waals surface area (Å²) in [5, 5.41) is 12.6. The molecule has 3 rings (SSSR count). The SMILES string of the molecule is O=C(COn1nnc2ccccc21)NCCc1cccs1. The number of rotatable bonds is 6. The Balaban J connectivity index is 1.47. The highest BCUT2D eigenvalue weighted by molar-refractivity contribution is 7.09. The monoisotopic (exact) mass is 302 g/mol. The summed E-state index contributed by atoms with van der Waals surface area (Å²) >= 11 is 1.68. The van der Waals surface area contributed by atoms with Gasteiger partial charge in [-0.05, 0) is 35.2 Å². The molecule has 108 valence electrons. The van der Waals surface area contributed by atoms with E-state index in [4.69, 9.17) is 4.84 Å². The van der Waals surface area contributed by atoms with Crippen LogP contribution in [0, 0.1) is 0 Å². The van der Waals surface area contributed by atoms with Crippen molar-refractivity contribution in [3.8, 4) is 0 Å². The first kappa shape index (κ1) is 13.6. The first-order valence-corrected chi connectivity index (χ1v) is 7.44. The summed E-state index contributed by atoms with van der Waals surface area (Å²) in [6, 6.07) is 11.5. The normalized spacial score (nSPS) is 10.7. The Hall–Kier alpha value is -2.41. The van der Waals surface area contributed by atoms with Gasteiger partial charge >= 0.3 is 0 Å². The second-order valence-corrected chi connectivity index (χ2v) is 5.44. The van der Waals surface area contributed by atoms with E-state index in [9.17, 15) is 4.79 Å². The van der Waals surface area contributed by atoms with E-state index >= 15 is 0 Å². The van der Waals surface area contributed by atoms with Gasteiger partial charge < -0.3 is 10.2 Å². The van der Waals surface area contributed by atoms with Gasteiger partial charge in [0.15, 0.2) is 6.61 Å². The molecule has 3 aromatic rings. The molecule has 1 amide bonds. The lowest BCUT2D eigenvalue weighted by atomic mass is 10.3. The lowest BCUT2D eigenvalue weighted by Crippen LogP contribution is -2.33. The Labute approximate surface area is 125 Å². The lowest BCUT2D eigenvalue weighted by Gasteiger charge is -2.06. The summed E-state index contributed by atoms with van der Waals surface area (Å²) in [7, 11) is 0. The van der Waals surface area contributed by atoms with Crippen molar-refractivity contribution in [2.75, 3.05) is 13.2 Å². The molecule has 0 aliphatic carbocycles. The van der Waals surface area contributed by atoms with Crippen LogP contribution in [0.2, 0.25) is 0 Å². The van der Waals surface area contributed by atoms with Crippen LogP contribution in [0.5, 0.6) is 0 Å². The number of amides is 1. The van der Waals surface area contributed by atoms with E-state index in [-0.39, 0.29) is 12.5 Å². The van der Waals surface area contributed by atoms with Gasteiger partial charge in [-0.3, -0.25) is 4.79 Å². The molecular weight excluding hydrogens is 288 g/mol. The number of thiophene rings is 1. The molecule has 0 fully saturated rings. The largest absolute Gasteiger partial charge is 0.385 e. The van der Waals surface area contributed by atoms with Gasteiger partial charge in [0.05, 0.1) is 0 Å². The molecule has 6 nitrogen and oxygen atoms in total. The van der Waals surface area contributed by atoms with E-state index in [2.05, 4.69) is 21.7 Å². The molecule has 0 radical (unpaired) electrons. The molecule has 2 aromatic heterocycles. The third-order valence-corrected chi connectivity index (χ3v) is 3.85. The molecule has 0 atom stereocenters. The molecule has 0 bridgehead atoms. The minimum Gasteiger partial charge on any atom is -0.385 e. The Bertz CT molecular complexity index is 723. The molecule has 0 saturated heterocycles. The first-order chi connectivity index (χ1) is 10.3. The van der Waals surface area contributed by atoms with Crippen molar-refractivity contribution >= 4 is 28.3 Å². The summed E-state index contributed by atoms with van der Waals surface area (Å²) in [5.41, 5.74) is 1.47. The maximum atomic E-state index is 11.7. The van der Waals surface area contributed by atoms with Crippen LogP contribution in [0.4, 0.5) is 0 Å². The van der Waals surface area contributed by atoms with Gasteiger partial charge in [-0.2, -0.15) is 0 Å². The Morgan fingerprint density at radius 3 is 3.05 bits per heavy atom. The van der Waals surface area contributed by atoms with Gasteiger partial charge in [-0.15, -0.1) is 16.4 Å². The molecular formula is C14H14N4O2S. The summed E-state index contributed by atoms with van der Waals surface area (Å²) < 4.78 is 0. The van der Waals surface area contributed by atoms with Gasteiger partial charge in [-0.1, -0.05) is 23.0 Å².